The predicted molar refractivity (Wildman–Crippen MR) is 56.1 cm³/mol. The summed E-state index contributed by atoms with van der Waals surface area (Å²) < 4.78 is 0. The fraction of sp³-hybridized carbons (Fsp3) is 0.600. The molecule has 2 rings (SSSR count). The van der Waals surface area contributed by atoms with E-state index in [1.807, 2.05) is 6.07 Å². The summed E-state index contributed by atoms with van der Waals surface area (Å²) in [5, 5.41) is 0. The molecule has 1 aromatic rings. The molecule has 2 heterocycles. The summed E-state index contributed by atoms with van der Waals surface area (Å²) in [6.45, 7) is 1.78. The minimum absolute atomic E-state index is 0.457. The van der Waals surface area contributed by atoms with E-state index < -0.39 is 0 Å². The van der Waals surface area contributed by atoms with Crippen LogP contribution in [0.3, 0.4) is 0 Å². The molecule has 0 bridgehead atoms. The van der Waals surface area contributed by atoms with Gasteiger partial charge in [-0.25, -0.2) is 9.97 Å². The lowest BCUT2D eigenvalue weighted by Gasteiger charge is -2.35. The molecule has 14 heavy (non-hydrogen) atoms. The van der Waals surface area contributed by atoms with Gasteiger partial charge in [0.05, 0.1) is 0 Å². The van der Waals surface area contributed by atoms with Crippen LogP contribution in [0.2, 0.25) is 0 Å². The molecular weight excluding hydrogens is 176 g/mol. The SMILES string of the molecule is NCC1CCCCN1c1ccncn1. The lowest BCUT2D eigenvalue weighted by atomic mass is 10.0. The zero-order chi connectivity index (χ0) is 9.80. The van der Waals surface area contributed by atoms with Gasteiger partial charge in [-0.15, -0.1) is 0 Å². The number of piperidine rings is 1. The van der Waals surface area contributed by atoms with Crippen LogP contribution in [0.4, 0.5) is 5.82 Å². The molecule has 4 heteroatoms. The van der Waals surface area contributed by atoms with Crippen LogP contribution >= 0.6 is 0 Å². The maximum Gasteiger partial charge on any atom is 0.132 e. The molecule has 1 saturated heterocycles. The highest BCUT2D eigenvalue weighted by molar-refractivity contribution is 5.38. The van der Waals surface area contributed by atoms with Crippen molar-refractivity contribution in [1.82, 2.24) is 9.97 Å². The lowest BCUT2D eigenvalue weighted by Crippen LogP contribution is -2.44. The molecule has 1 aliphatic heterocycles. The Labute approximate surface area is 84.2 Å². The van der Waals surface area contributed by atoms with Gasteiger partial charge in [0.2, 0.25) is 0 Å². The monoisotopic (exact) mass is 192 g/mol. The lowest BCUT2D eigenvalue weighted by molar-refractivity contribution is 0.462. The van der Waals surface area contributed by atoms with Crippen LogP contribution in [0.15, 0.2) is 18.6 Å². The van der Waals surface area contributed by atoms with Gasteiger partial charge in [-0.2, -0.15) is 0 Å². The summed E-state index contributed by atoms with van der Waals surface area (Å²) in [6, 6.07) is 2.41. The first kappa shape index (κ1) is 9.40. The first-order valence-corrected chi connectivity index (χ1v) is 5.14. The largest absolute Gasteiger partial charge is 0.352 e. The second-order valence-electron chi connectivity index (χ2n) is 3.65. The third-order valence-electron chi connectivity index (χ3n) is 2.76. The molecule has 1 unspecified atom stereocenters. The van der Waals surface area contributed by atoms with E-state index in [0.29, 0.717) is 12.6 Å². The van der Waals surface area contributed by atoms with Gasteiger partial charge in [0.1, 0.15) is 12.1 Å². The van der Waals surface area contributed by atoms with E-state index >= 15 is 0 Å². The van der Waals surface area contributed by atoms with E-state index in [1.165, 1.54) is 19.3 Å². The maximum atomic E-state index is 5.75. The van der Waals surface area contributed by atoms with Gasteiger partial charge in [-0.05, 0) is 25.3 Å². The van der Waals surface area contributed by atoms with E-state index in [1.54, 1.807) is 12.5 Å². The van der Waals surface area contributed by atoms with Crippen molar-refractivity contribution >= 4 is 5.82 Å². The smallest absolute Gasteiger partial charge is 0.132 e. The number of nitrogens with two attached hydrogens (primary N) is 1. The highest BCUT2D eigenvalue weighted by Gasteiger charge is 2.21. The van der Waals surface area contributed by atoms with E-state index in [2.05, 4.69) is 14.9 Å². The van der Waals surface area contributed by atoms with E-state index in [4.69, 9.17) is 5.73 Å². The Morgan fingerprint density at radius 3 is 3.14 bits per heavy atom. The van der Waals surface area contributed by atoms with E-state index in [0.717, 1.165) is 12.4 Å². The molecule has 4 nitrogen and oxygen atoms in total. The van der Waals surface area contributed by atoms with Crippen LogP contribution in [-0.2, 0) is 0 Å². The van der Waals surface area contributed by atoms with Crippen LogP contribution in [0.1, 0.15) is 19.3 Å². The van der Waals surface area contributed by atoms with Crippen molar-refractivity contribution in [3.63, 3.8) is 0 Å². The molecule has 0 aliphatic carbocycles. The fourth-order valence-electron chi connectivity index (χ4n) is 2.00. The van der Waals surface area contributed by atoms with Gasteiger partial charge in [0.25, 0.3) is 0 Å². The van der Waals surface area contributed by atoms with Crippen molar-refractivity contribution in [3.05, 3.63) is 18.6 Å². The summed E-state index contributed by atoms with van der Waals surface area (Å²) in [7, 11) is 0. The van der Waals surface area contributed by atoms with E-state index in [-0.39, 0.29) is 0 Å². The van der Waals surface area contributed by atoms with Gasteiger partial charge < -0.3 is 10.6 Å². The van der Waals surface area contributed by atoms with E-state index in [9.17, 15) is 0 Å². The number of hydrogen-bond acceptors (Lipinski definition) is 4. The quantitative estimate of drug-likeness (QED) is 0.753. The molecule has 0 spiro atoms. The number of aromatic nitrogens is 2. The molecule has 0 amide bonds. The number of rotatable bonds is 2. The Kier molecular flexibility index (Phi) is 2.93. The highest BCUT2D eigenvalue weighted by Crippen LogP contribution is 2.21. The van der Waals surface area contributed by atoms with Crippen LogP contribution in [0, 0.1) is 0 Å². The van der Waals surface area contributed by atoms with Gasteiger partial charge in [-0.3, -0.25) is 0 Å². The Morgan fingerprint density at radius 1 is 1.50 bits per heavy atom. The third-order valence-corrected chi connectivity index (χ3v) is 2.76. The molecule has 1 fully saturated rings. The van der Waals surface area contributed by atoms with Crippen molar-refractivity contribution in [2.75, 3.05) is 18.0 Å². The second-order valence-corrected chi connectivity index (χ2v) is 3.65. The van der Waals surface area contributed by atoms with Crippen molar-refractivity contribution in [2.45, 2.75) is 25.3 Å². The topological polar surface area (TPSA) is 55.0 Å². The standard InChI is InChI=1S/C10H16N4/c11-7-9-3-1-2-6-14(9)10-4-5-12-8-13-10/h4-5,8-9H,1-3,6-7,11H2. The average Bonchev–Trinajstić information content (AvgIpc) is 2.30. The molecule has 1 atom stereocenters. The molecule has 0 aromatic carbocycles. The highest BCUT2D eigenvalue weighted by atomic mass is 15.2. The van der Waals surface area contributed by atoms with Crippen molar-refractivity contribution in [2.24, 2.45) is 5.73 Å². The first-order valence-electron chi connectivity index (χ1n) is 5.14. The Bertz CT molecular complexity index is 275. The molecule has 1 aliphatic rings. The Morgan fingerprint density at radius 2 is 2.43 bits per heavy atom. The number of nitrogens with zero attached hydrogens (tertiary/aromatic N) is 3. The Balaban J connectivity index is 2.15. The average molecular weight is 192 g/mol. The second kappa shape index (κ2) is 4.37. The normalized spacial score (nSPS) is 22.4. The predicted octanol–water partition coefficient (Wildman–Crippen LogP) is 0.794. The van der Waals surface area contributed by atoms with Gasteiger partial charge >= 0.3 is 0 Å². The molecule has 0 radical (unpaired) electrons. The van der Waals surface area contributed by atoms with Gasteiger partial charge in [0, 0.05) is 25.3 Å². The summed E-state index contributed by atoms with van der Waals surface area (Å²) in [5.74, 6) is 1.01. The summed E-state index contributed by atoms with van der Waals surface area (Å²) in [5.41, 5.74) is 5.75. The zero-order valence-corrected chi connectivity index (χ0v) is 8.26. The summed E-state index contributed by atoms with van der Waals surface area (Å²) in [6.07, 6.45) is 7.08. The minimum Gasteiger partial charge on any atom is -0.352 e. The zero-order valence-electron chi connectivity index (χ0n) is 8.26. The molecule has 76 valence electrons. The molecule has 1 aromatic heterocycles. The molecular formula is C10H16N4. The maximum absolute atomic E-state index is 5.75. The number of hydrogen-bond donors (Lipinski definition) is 1. The Hall–Kier alpha value is -1.16. The fourth-order valence-corrected chi connectivity index (χ4v) is 2.00. The minimum atomic E-state index is 0.457. The summed E-state index contributed by atoms with van der Waals surface area (Å²) in [4.78, 5) is 10.5. The third kappa shape index (κ3) is 1.85. The summed E-state index contributed by atoms with van der Waals surface area (Å²) >= 11 is 0. The number of anilines is 1. The van der Waals surface area contributed by atoms with Crippen LogP contribution in [-0.4, -0.2) is 29.1 Å². The van der Waals surface area contributed by atoms with Crippen LogP contribution < -0.4 is 10.6 Å². The van der Waals surface area contributed by atoms with Crippen molar-refractivity contribution in [1.29, 1.82) is 0 Å². The van der Waals surface area contributed by atoms with Gasteiger partial charge in [-0.1, -0.05) is 0 Å². The van der Waals surface area contributed by atoms with Crippen molar-refractivity contribution in [3.8, 4) is 0 Å². The van der Waals surface area contributed by atoms with Crippen molar-refractivity contribution < 1.29 is 0 Å². The molecule has 0 saturated carbocycles. The van der Waals surface area contributed by atoms with Crippen LogP contribution in [0.25, 0.3) is 0 Å². The van der Waals surface area contributed by atoms with Crippen LogP contribution in [0.5, 0.6) is 0 Å². The molecule has 2 N–H and O–H groups in total. The first-order chi connectivity index (χ1) is 6.92. The van der Waals surface area contributed by atoms with Gasteiger partial charge in [0.15, 0.2) is 0 Å².